The van der Waals surface area contributed by atoms with Crippen LogP contribution in [-0.2, 0) is 13.1 Å². The van der Waals surface area contributed by atoms with Crippen molar-refractivity contribution in [2.75, 3.05) is 11.9 Å². The number of halogens is 2. The lowest BCUT2D eigenvalue weighted by molar-refractivity contribution is 0.0948. The van der Waals surface area contributed by atoms with E-state index in [1.807, 2.05) is 60.5 Å². The van der Waals surface area contributed by atoms with Gasteiger partial charge in [0.05, 0.1) is 18.4 Å². The zero-order valence-electron chi connectivity index (χ0n) is 20.3. The number of benzene rings is 3. The van der Waals surface area contributed by atoms with E-state index in [0.29, 0.717) is 11.4 Å². The molecule has 0 saturated heterocycles. The molecule has 1 N–H and O–H groups in total. The molecular formula is C28H22F2N6O2. The highest BCUT2D eigenvalue weighted by Crippen LogP contribution is 2.28. The molecule has 8 nitrogen and oxygen atoms in total. The van der Waals surface area contributed by atoms with Crippen LogP contribution < -0.4 is 15.8 Å². The highest BCUT2D eigenvalue weighted by Gasteiger charge is 2.15. The number of nitrogens with zero attached hydrogens (tertiary/aromatic N) is 5. The van der Waals surface area contributed by atoms with Crippen molar-refractivity contribution in [2.24, 2.45) is 0 Å². The van der Waals surface area contributed by atoms with Crippen molar-refractivity contribution in [2.45, 2.75) is 13.1 Å². The van der Waals surface area contributed by atoms with E-state index in [1.54, 1.807) is 0 Å². The van der Waals surface area contributed by atoms with Gasteiger partial charge in [-0.2, -0.15) is 0 Å². The number of carbonyl (C=O) groups is 1. The molecule has 0 bridgehead atoms. The summed E-state index contributed by atoms with van der Waals surface area (Å²) in [6, 6.07) is 18.7. The van der Waals surface area contributed by atoms with Gasteiger partial charge in [-0.1, -0.05) is 30.3 Å². The third-order valence-corrected chi connectivity index (χ3v) is 6.08. The summed E-state index contributed by atoms with van der Waals surface area (Å²) in [7, 11) is 1.92. The van der Waals surface area contributed by atoms with Crippen LogP contribution in [-0.4, -0.2) is 32.5 Å². The number of anilines is 2. The molecule has 0 saturated carbocycles. The first-order valence-electron chi connectivity index (χ1n) is 11.7. The highest BCUT2D eigenvalue weighted by atomic mass is 19.2. The lowest BCUT2D eigenvalue weighted by atomic mass is 10.1. The summed E-state index contributed by atoms with van der Waals surface area (Å²) in [6.07, 6.45) is 3.93. The molecule has 190 valence electrons. The minimum absolute atomic E-state index is 0.0630. The average Bonchev–Trinajstić information content (AvgIpc) is 2.94. The molecule has 2 heterocycles. The normalized spacial score (nSPS) is 10.9. The van der Waals surface area contributed by atoms with E-state index in [-0.39, 0.29) is 18.7 Å². The number of nitrogens with one attached hydrogen (secondary N) is 1. The van der Waals surface area contributed by atoms with Crippen LogP contribution in [0, 0.1) is 11.6 Å². The summed E-state index contributed by atoms with van der Waals surface area (Å²) in [5, 5.41) is 3.56. The van der Waals surface area contributed by atoms with E-state index in [2.05, 4.69) is 20.3 Å². The van der Waals surface area contributed by atoms with E-state index in [1.165, 1.54) is 29.5 Å². The second-order valence-corrected chi connectivity index (χ2v) is 8.61. The van der Waals surface area contributed by atoms with Gasteiger partial charge in [0.1, 0.15) is 17.7 Å². The molecule has 0 unspecified atom stereocenters. The van der Waals surface area contributed by atoms with Crippen LogP contribution >= 0.6 is 0 Å². The van der Waals surface area contributed by atoms with Crippen molar-refractivity contribution in [3.63, 3.8) is 0 Å². The van der Waals surface area contributed by atoms with Gasteiger partial charge in [0.2, 0.25) is 0 Å². The third kappa shape index (κ3) is 5.10. The van der Waals surface area contributed by atoms with Gasteiger partial charge in [-0.3, -0.25) is 14.2 Å². The number of carbonyl (C=O) groups excluding carboxylic acids is 1. The number of para-hydroxylation sites is 1. The Labute approximate surface area is 216 Å². The van der Waals surface area contributed by atoms with Crippen LogP contribution in [0.2, 0.25) is 0 Å². The second-order valence-electron chi connectivity index (χ2n) is 8.61. The van der Waals surface area contributed by atoms with E-state index >= 15 is 0 Å². The van der Waals surface area contributed by atoms with Crippen molar-refractivity contribution >= 4 is 28.3 Å². The van der Waals surface area contributed by atoms with Gasteiger partial charge in [0, 0.05) is 30.9 Å². The minimum Gasteiger partial charge on any atom is -0.348 e. The predicted molar refractivity (Wildman–Crippen MR) is 139 cm³/mol. The predicted octanol–water partition coefficient (Wildman–Crippen LogP) is 4.21. The van der Waals surface area contributed by atoms with Crippen LogP contribution in [0.25, 0.3) is 10.9 Å². The molecule has 0 radical (unpaired) electrons. The monoisotopic (exact) mass is 512 g/mol. The number of rotatable bonds is 7. The molecule has 0 fully saturated rings. The van der Waals surface area contributed by atoms with Crippen molar-refractivity contribution in [3.05, 3.63) is 124 Å². The summed E-state index contributed by atoms with van der Waals surface area (Å²) in [5.74, 6) is -1.89. The summed E-state index contributed by atoms with van der Waals surface area (Å²) < 4.78 is 27.9. The zero-order chi connectivity index (χ0) is 26.6. The Morgan fingerprint density at radius 2 is 1.76 bits per heavy atom. The number of fused-ring (bicyclic) bond motifs is 1. The van der Waals surface area contributed by atoms with Gasteiger partial charge in [-0.15, -0.1) is 0 Å². The number of hydrogen-bond donors (Lipinski definition) is 1. The largest absolute Gasteiger partial charge is 0.348 e. The van der Waals surface area contributed by atoms with Gasteiger partial charge in [-0.25, -0.2) is 23.7 Å². The summed E-state index contributed by atoms with van der Waals surface area (Å²) >= 11 is 0. The average molecular weight is 513 g/mol. The van der Waals surface area contributed by atoms with E-state index in [9.17, 15) is 18.4 Å². The molecule has 2 aromatic heterocycles. The van der Waals surface area contributed by atoms with E-state index < -0.39 is 23.1 Å². The van der Waals surface area contributed by atoms with Crippen LogP contribution in [0.1, 0.15) is 21.5 Å². The number of amides is 1. The first kappa shape index (κ1) is 24.7. The van der Waals surface area contributed by atoms with Gasteiger partial charge in [0.15, 0.2) is 11.6 Å². The fourth-order valence-corrected chi connectivity index (χ4v) is 4.07. The first-order chi connectivity index (χ1) is 18.4. The van der Waals surface area contributed by atoms with Crippen LogP contribution in [0.3, 0.4) is 0 Å². The summed E-state index contributed by atoms with van der Waals surface area (Å²) in [5.41, 5.74) is 2.10. The zero-order valence-corrected chi connectivity index (χ0v) is 20.3. The van der Waals surface area contributed by atoms with Crippen molar-refractivity contribution in [1.82, 2.24) is 24.8 Å². The maximum atomic E-state index is 13.6. The molecule has 3 aromatic carbocycles. The topological polar surface area (TPSA) is 93.0 Å². The van der Waals surface area contributed by atoms with Gasteiger partial charge in [-0.05, 0) is 47.5 Å². The molecule has 0 atom stereocenters. The van der Waals surface area contributed by atoms with Crippen molar-refractivity contribution in [1.29, 1.82) is 0 Å². The standard InChI is InChI=1S/C28H22F2N6O2/c1-35(20-5-3-2-4-6-20)26-21-11-18(8-10-25(21)33-16-34-26)13-32-27(37)22-14-31-17-36(28(22)38)15-19-7-9-23(29)24(30)12-19/h2-12,14,16-17H,13,15H2,1H3,(H,32,37). The summed E-state index contributed by atoms with van der Waals surface area (Å²) in [6.45, 7) is 0.0855. The molecule has 5 rings (SSSR count). The lowest BCUT2D eigenvalue weighted by Gasteiger charge is -2.20. The van der Waals surface area contributed by atoms with Crippen molar-refractivity contribution < 1.29 is 13.6 Å². The molecule has 0 aliphatic carbocycles. The molecule has 1 amide bonds. The van der Waals surface area contributed by atoms with Crippen LogP contribution in [0.4, 0.5) is 20.3 Å². The third-order valence-electron chi connectivity index (χ3n) is 6.08. The smallest absolute Gasteiger partial charge is 0.266 e. The fraction of sp³-hybridized carbons (Fsp3) is 0.107. The number of hydrogen-bond acceptors (Lipinski definition) is 6. The molecule has 5 aromatic rings. The van der Waals surface area contributed by atoms with E-state index in [0.717, 1.165) is 34.3 Å². The fourth-order valence-electron chi connectivity index (χ4n) is 4.07. The van der Waals surface area contributed by atoms with Gasteiger partial charge < -0.3 is 10.2 Å². The molecular weight excluding hydrogens is 490 g/mol. The second kappa shape index (κ2) is 10.6. The molecule has 10 heteroatoms. The maximum absolute atomic E-state index is 13.6. The Hall–Kier alpha value is -4.99. The Balaban J connectivity index is 1.35. The Bertz CT molecular complexity index is 1690. The number of aromatic nitrogens is 4. The lowest BCUT2D eigenvalue weighted by Crippen LogP contribution is -2.33. The molecule has 0 aliphatic heterocycles. The van der Waals surface area contributed by atoms with Gasteiger partial charge in [0.25, 0.3) is 11.5 Å². The summed E-state index contributed by atoms with van der Waals surface area (Å²) in [4.78, 5) is 40.5. The van der Waals surface area contributed by atoms with E-state index in [4.69, 9.17) is 0 Å². The first-order valence-corrected chi connectivity index (χ1v) is 11.7. The van der Waals surface area contributed by atoms with Crippen LogP contribution in [0.15, 0.2) is 90.4 Å². The molecule has 0 spiro atoms. The highest BCUT2D eigenvalue weighted by molar-refractivity contribution is 5.94. The Morgan fingerprint density at radius 1 is 0.974 bits per heavy atom. The minimum atomic E-state index is -1.02. The quantitative estimate of drug-likeness (QED) is 0.351. The van der Waals surface area contributed by atoms with Crippen LogP contribution in [0.5, 0.6) is 0 Å². The van der Waals surface area contributed by atoms with Crippen molar-refractivity contribution in [3.8, 4) is 0 Å². The maximum Gasteiger partial charge on any atom is 0.266 e. The molecule has 38 heavy (non-hydrogen) atoms. The SMILES string of the molecule is CN(c1ccccc1)c1ncnc2ccc(CNC(=O)c3cncn(Cc4ccc(F)c(F)c4)c3=O)cc12. The Morgan fingerprint density at radius 3 is 2.55 bits per heavy atom. The Kier molecular flexibility index (Phi) is 6.86. The van der Waals surface area contributed by atoms with Gasteiger partial charge >= 0.3 is 0 Å². The molecule has 0 aliphatic rings.